The Balaban J connectivity index is 1.47. The molecule has 8 nitrogen and oxygen atoms in total. The molecule has 0 heterocycles. The van der Waals surface area contributed by atoms with Crippen molar-refractivity contribution in [2.24, 2.45) is 0 Å². The topological polar surface area (TPSA) is 95.1 Å². The minimum absolute atomic E-state index is 0.459. The van der Waals surface area contributed by atoms with E-state index < -0.39 is 12.2 Å². The van der Waals surface area contributed by atoms with E-state index in [0.29, 0.717) is 36.1 Å². The Labute approximate surface area is 176 Å². The second-order valence-electron chi connectivity index (χ2n) is 6.40. The number of methoxy groups -OCH3 is 2. The average Bonchev–Trinajstić information content (AvgIpc) is 2.76. The summed E-state index contributed by atoms with van der Waals surface area (Å²) in [6.07, 6.45) is 2.55. The van der Waals surface area contributed by atoms with Gasteiger partial charge in [-0.15, -0.1) is 0 Å². The number of hydrogen-bond donors (Lipinski definition) is 2. The molecule has 30 heavy (non-hydrogen) atoms. The minimum atomic E-state index is -0.483. The fourth-order valence-corrected chi connectivity index (χ4v) is 2.56. The summed E-state index contributed by atoms with van der Waals surface area (Å²) < 4.78 is 20.4. The Bertz CT molecular complexity index is 710. The van der Waals surface area contributed by atoms with Crippen molar-refractivity contribution in [3.8, 4) is 23.0 Å². The summed E-state index contributed by atoms with van der Waals surface area (Å²) in [5, 5.41) is 5.43. The largest absolute Gasteiger partial charge is 0.497 e. The molecule has 2 aromatic rings. The van der Waals surface area contributed by atoms with E-state index in [1.54, 1.807) is 62.8 Å². The lowest BCUT2D eigenvalue weighted by molar-refractivity contribution is 0.198. The van der Waals surface area contributed by atoms with Gasteiger partial charge in [0.05, 0.1) is 14.2 Å². The van der Waals surface area contributed by atoms with Gasteiger partial charge in [0.2, 0.25) is 0 Å². The highest BCUT2D eigenvalue weighted by Crippen LogP contribution is 2.17. The van der Waals surface area contributed by atoms with Gasteiger partial charge in [0.25, 0.3) is 0 Å². The van der Waals surface area contributed by atoms with Gasteiger partial charge in [-0.2, -0.15) is 0 Å². The lowest BCUT2D eigenvalue weighted by Crippen LogP contribution is -2.28. The van der Waals surface area contributed by atoms with Gasteiger partial charge in [0.15, 0.2) is 0 Å². The first-order chi connectivity index (χ1) is 14.6. The molecule has 8 heteroatoms. The van der Waals surface area contributed by atoms with Crippen LogP contribution in [-0.4, -0.2) is 39.5 Å². The van der Waals surface area contributed by atoms with Crippen molar-refractivity contribution in [1.82, 2.24) is 10.6 Å². The molecule has 0 aliphatic carbocycles. The molecule has 2 amide bonds. The lowest BCUT2D eigenvalue weighted by atomic mass is 10.2. The van der Waals surface area contributed by atoms with Gasteiger partial charge >= 0.3 is 12.2 Å². The van der Waals surface area contributed by atoms with E-state index in [9.17, 15) is 9.59 Å². The highest BCUT2D eigenvalue weighted by atomic mass is 16.6. The van der Waals surface area contributed by atoms with E-state index in [0.717, 1.165) is 25.7 Å². The van der Waals surface area contributed by atoms with E-state index in [-0.39, 0.29) is 0 Å². The second-order valence-corrected chi connectivity index (χ2v) is 6.40. The van der Waals surface area contributed by atoms with Crippen molar-refractivity contribution >= 4 is 12.2 Å². The van der Waals surface area contributed by atoms with E-state index in [2.05, 4.69) is 10.6 Å². The van der Waals surface area contributed by atoms with E-state index >= 15 is 0 Å². The van der Waals surface area contributed by atoms with Crippen LogP contribution < -0.4 is 29.6 Å². The quantitative estimate of drug-likeness (QED) is 0.535. The third kappa shape index (κ3) is 8.72. The maximum absolute atomic E-state index is 11.7. The first-order valence-corrected chi connectivity index (χ1v) is 9.80. The van der Waals surface area contributed by atoms with Crippen molar-refractivity contribution in [3.63, 3.8) is 0 Å². The molecule has 0 fully saturated rings. The predicted octanol–water partition coefficient (Wildman–Crippen LogP) is 4.14. The van der Waals surface area contributed by atoms with Crippen LogP contribution in [0.1, 0.15) is 25.7 Å². The van der Waals surface area contributed by atoms with Gasteiger partial charge in [-0.05, 0) is 61.4 Å². The maximum Gasteiger partial charge on any atom is 0.412 e. The van der Waals surface area contributed by atoms with Crippen molar-refractivity contribution in [1.29, 1.82) is 0 Å². The summed E-state index contributed by atoms with van der Waals surface area (Å²) in [5.74, 6) is 2.32. The van der Waals surface area contributed by atoms with Crippen molar-refractivity contribution < 1.29 is 28.5 Å². The smallest absolute Gasteiger partial charge is 0.412 e. The number of benzene rings is 2. The molecule has 2 rings (SSSR count). The zero-order valence-corrected chi connectivity index (χ0v) is 17.3. The van der Waals surface area contributed by atoms with Crippen LogP contribution in [0.2, 0.25) is 0 Å². The first-order valence-electron chi connectivity index (χ1n) is 9.80. The Morgan fingerprint density at radius 1 is 0.600 bits per heavy atom. The van der Waals surface area contributed by atoms with E-state index in [1.807, 2.05) is 0 Å². The summed E-state index contributed by atoms with van der Waals surface area (Å²) in [6, 6.07) is 13.6. The summed E-state index contributed by atoms with van der Waals surface area (Å²) in [5.41, 5.74) is 0. The molecule has 0 radical (unpaired) electrons. The number of amides is 2. The Kier molecular flexibility index (Phi) is 9.85. The lowest BCUT2D eigenvalue weighted by Gasteiger charge is -2.08. The maximum atomic E-state index is 11.7. The molecular weight excluding hydrogens is 388 g/mol. The molecule has 0 unspecified atom stereocenters. The number of carbonyl (C=O) groups is 2. The summed E-state index contributed by atoms with van der Waals surface area (Å²) >= 11 is 0. The van der Waals surface area contributed by atoms with Crippen LogP contribution in [0.25, 0.3) is 0 Å². The number of hydrogen-bond acceptors (Lipinski definition) is 6. The first kappa shape index (κ1) is 22.9. The zero-order chi connectivity index (χ0) is 21.6. The van der Waals surface area contributed by atoms with Crippen molar-refractivity contribution in [2.45, 2.75) is 25.7 Å². The fourth-order valence-electron chi connectivity index (χ4n) is 2.56. The SMILES string of the molecule is COc1ccc(OC(=O)NCCCCCCNC(=O)Oc2ccc(OC)cc2)cc1. The van der Waals surface area contributed by atoms with E-state index in [1.165, 1.54) is 0 Å². The van der Waals surface area contributed by atoms with Gasteiger partial charge in [-0.25, -0.2) is 9.59 Å². The molecule has 0 saturated heterocycles. The van der Waals surface area contributed by atoms with E-state index in [4.69, 9.17) is 18.9 Å². The van der Waals surface area contributed by atoms with Crippen LogP contribution in [0.4, 0.5) is 9.59 Å². The van der Waals surface area contributed by atoms with Crippen molar-refractivity contribution in [2.75, 3.05) is 27.3 Å². The fraction of sp³-hybridized carbons (Fsp3) is 0.364. The monoisotopic (exact) mass is 416 g/mol. The van der Waals surface area contributed by atoms with Crippen LogP contribution in [0.15, 0.2) is 48.5 Å². The third-order valence-corrected chi connectivity index (χ3v) is 4.18. The van der Waals surface area contributed by atoms with Crippen LogP contribution in [0.3, 0.4) is 0 Å². The molecule has 0 aliphatic heterocycles. The molecule has 0 aliphatic rings. The van der Waals surface area contributed by atoms with Crippen LogP contribution >= 0.6 is 0 Å². The summed E-state index contributed by atoms with van der Waals surface area (Å²) in [4.78, 5) is 23.5. The van der Waals surface area contributed by atoms with Gasteiger partial charge in [-0.1, -0.05) is 12.8 Å². The number of nitrogens with one attached hydrogen (secondary N) is 2. The molecule has 0 atom stereocenters. The molecule has 2 N–H and O–H groups in total. The van der Waals surface area contributed by atoms with Gasteiger partial charge < -0.3 is 29.6 Å². The molecule has 0 saturated carbocycles. The second kappa shape index (κ2) is 12.9. The summed E-state index contributed by atoms with van der Waals surface area (Å²) in [7, 11) is 3.15. The molecule has 0 spiro atoms. The minimum Gasteiger partial charge on any atom is -0.497 e. The number of unbranched alkanes of at least 4 members (excludes halogenated alkanes) is 3. The Morgan fingerprint density at radius 2 is 0.933 bits per heavy atom. The molecular formula is C22H28N2O6. The third-order valence-electron chi connectivity index (χ3n) is 4.18. The molecule has 162 valence electrons. The molecule has 0 aromatic heterocycles. The normalized spacial score (nSPS) is 10.1. The Hall–Kier alpha value is -3.42. The predicted molar refractivity (Wildman–Crippen MR) is 113 cm³/mol. The Morgan fingerprint density at radius 3 is 1.27 bits per heavy atom. The highest BCUT2D eigenvalue weighted by molar-refractivity contribution is 5.70. The molecule has 0 bridgehead atoms. The number of ether oxygens (including phenoxy) is 4. The zero-order valence-electron chi connectivity index (χ0n) is 17.3. The number of rotatable bonds is 11. The standard InChI is InChI=1S/C22H28N2O6/c1-27-17-7-11-19(12-8-17)29-21(25)23-15-5-3-4-6-16-24-22(26)30-20-13-9-18(28-2)10-14-20/h7-14H,3-6,15-16H2,1-2H3,(H,23,25)(H,24,26). The average molecular weight is 416 g/mol. The van der Waals surface area contributed by atoms with Crippen molar-refractivity contribution in [3.05, 3.63) is 48.5 Å². The van der Waals surface area contributed by atoms with Crippen LogP contribution in [0, 0.1) is 0 Å². The highest BCUT2D eigenvalue weighted by Gasteiger charge is 2.05. The number of carbonyl (C=O) groups excluding carboxylic acids is 2. The van der Waals surface area contributed by atoms with Gasteiger partial charge in [-0.3, -0.25) is 0 Å². The van der Waals surface area contributed by atoms with Gasteiger partial charge in [0.1, 0.15) is 23.0 Å². The van der Waals surface area contributed by atoms with Crippen LogP contribution in [0.5, 0.6) is 23.0 Å². The van der Waals surface area contributed by atoms with Gasteiger partial charge in [0, 0.05) is 13.1 Å². The summed E-state index contributed by atoms with van der Waals surface area (Å²) in [6.45, 7) is 1.06. The van der Waals surface area contributed by atoms with Crippen LogP contribution in [-0.2, 0) is 0 Å². The molecule has 2 aromatic carbocycles.